The van der Waals surface area contributed by atoms with Crippen molar-refractivity contribution >= 4 is 27.5 Å². The second-order valence-corrected chi connectivity index (χ2v) is 5.36. The van der Waals surface area contributed by atoms with Gasteiger partial charge in [-0.15, -0.1) is 0 Å². The Labute approximate surface area is 118 Å². The lowest BCUT2D eigenvalue weighted by Crippen LogP contribution is -2.22. The first kappa shape index (κ1) is 11.7. The molecule has 2 aromatic carbocycles. The van der Waals surface area contributed by atoms with Crippen LogP contribution < -0.4 is 10.6 Å². The van der Waals surface area contributed by atoms with Gasteiger partial charge in [-0.25, -0.2) is 4.98 Å². The topological polar surface area (TPSA) is 37.0 Å². The van der Waals surface area contributed by atoms with Gasteiger partial charge < -0.3 is 10.6 Å². The first-order chi connectivity index (χ1) is 9.92. The highest BCUT2D eigenvalue weighted by molar-refractivity contribution is 6.07. The molecule has 4 rings (SSSR count). The monoisotopic (exact) mass is 263 g/mol. The highest BCUT2D eigenvalue weighted by Crippen LogP contribution is 2.31. The molecule has 20 heavy (non-hydrogen) atoms. The summed E-state index contributed by atoms with van der Waals surface area (Å²) in [6, 6.07) is 17.2. The standard InChI is InChI=1S/C17H17N3/c1-3-7-15-13(5-1)17(19-12-9-10-18-11-12)14-6-2-4-8-16(14)20-15/h1-8,12,18H,9-11H2,(H,19,20). The van der Waals surface area contributed by atoms with Crippen LogP contribution in [0.15, 0.2) is 48.5 Å². The van der Waals surface area contributed by atoms with Crippen molar-refractivity contribution in [2.24, 2.45) is 0 Å². The van der Waals surface area contributed by atoms with Crippen LogP contribution in [0.1, 0.15) is 6.42 Å². The van der Waals surface area contributed by atoms with Crippen LogP contribution >= 0.6 is 0 Å². The molecule has 3 heteroatoms. The van der Waals surface area contributed by atoms with E-state index in [4.69, 9.17) is 4.98 Å². The average molecular weight is 263 g/mol. The lowest BCUT2D eigenvalue weighted by Gasteiger charge is -2.17. The molecule has 0 aliphatic carbocycles. The molecule has 1 aliphatic heterocycles. The van der Waals surface area contributed by atoms with E-state index in [9.17, 15) is 0 Å². The molecular formula is C17H17N3. The maximum Gasteiger partial charge on any atom is 0.0730 e. The number of aromatic nitrogens is 1. The van der Waals surface area contributed by atoms with Crippen LogP contribution in [0.3, 0.4) is 0 Å². The molecule has 0 radical (unpaired) electrons. The number of nitrogens with zero attached hydrogens (tertiary/aromatic N) is 1. The fourth-order valence-electron chi connectivity index (χ4n) is 2.98. The van der Waals surface area contributed by atoms with Gasteiger partial charge in [-0.2, -0.15) is 0 Å². The molecule has 0 spiro atoms. The molecule has 1 fully saturated rings. The predicted octanol–water partition coefficient (Wildman–Crippen LogP) is 3.16. The van der Waals surface area contributed by atoms with Crippen LogP contribution in [0.4, 0.5) is 5.69 Å². The highest BCUT2D eigenvalue weighted by Gasteiger charge is 2.17. The van der Waals surface area contributed by atoms with Gasteiger partial charge >= 0.3 is 0 Å². The van der Waals surface area contributed by atoms with E-state index in [2.05, 4.69) is 47.0 Å². The Morgan fingerprint density at radius 3 is 2.20 bits per heavy atom. The zero-order chi connectivity index (χ0) is 13.4. The summed E-state index contributed by atoms with van der Waals surface area (Å²) in [6.07, 6.45) is 1.17. The fourth-order valence-corrected chi connectivity index (χ4v) is 2.98. The number of fused-ring (bicyclic) bond motifs is 2. The van der Waals surface area contributed by atoms with Gasteiger partial charge in [0.05, 0.1) is 16.7 Å². The number of hydrogen-bond donors (Lipinski definition) is 2. The third-order valence-electron chi connectivity index (χ3n) is 4.00. The second kappa shape index (κ2) is 4.76. The third kappa shape index (κ3) is 1.91. The largest absolute Gasteiger partial charge is 0.380 e. The summed E-state index contributed by atoms with van der Waals surface area (Å²) in [4.78, 5) is 4.76. The zero-order valence-corrected chi connectivity index (χ0v) is 11.3. The Hall–Kier alpha value is -2.13. The van der Waals surface area contributed by atoms with Crippen molar-refractivity contribution in [3.8, 4) is 0 Å². The third-order valence-corrected chi connectivity index (χ3v) is 4.00. The number of hydrogen-bond acceptors (Lipinski definition) is 3. The number of pyridine rings is 1. The minimum Gasteiger partial charge on any atom is -0.380 e. The van der Waals surface area contributed by atoms with Gasteiger partial charge in [-0.1, -0.05) is 36.4 Å². The van der Waals surface area contributed by atoms with Crippen LogP contribution in [-0.2, 0) is 0 Å². The maximum absolute atomic E-state index is 4.76. The van der Waals surface area contributed by atoms with E-state index in [1.165, 1.54) is 22.9 Å². The van der Waals surface area contributed by atoms with Crippen molar-refractivity contribution in [1.82, 2.24) is 10.3 Å². The fraction of sp³-hybridized carbons (Fsp3) is 0.235. The normalized spacial score (nSPS) is 18.7. The van der Waals surface area contributed by atoms with Crippen LogP contribution in [-0.4, -0.2) is 24.1 Å². The SMILES string of the molecule is c1ccc2c(NC3CCNC3)c3ccccc3nc2c1. The van der Waals surface area contributed by atoms with Gasteiger partial charge in [-0.3, -0.25) is 0 Å². The van der Waals surface area contributed by atoms with Crippen molar-refractivity contribution in [2.45, 2.75) is 12.5 Å². The van der Waals surface area contributed by atoms with Crippen LogP contribution in [0.2, 0.25) is 0 Å². The van der Waals surface area contributed by atoms with E-state index in [0.717, 1.165) is 24.1 Å². The predicted molar refractivity (Wildman–Crippen MR) is 84.1 cm³/mol. The molecular weight excluding hydrogens is 246 g/mol. The van der Waals surface area contributed by atoms with E-state index in [0.29, 0.717) is 6.04 Å². The molecule has 1 aromatic heterocycles. The number of anilines is 1. The van der Waals surface area contributed by atoms with E-state index in [1.807, 2.05) is 12.1 Å². The summed E-state index contributed by atoms with van der Waals surface area (Å²) in [5.74, 6) is 0. The van der Waals surface area contributed by atoms with Gasteiger partial charge in [-0.05, 0) is 25.1 Å². The Morgan fingerprint density at radius 1 is 0.950 bits per heavy atom. The minimum absolute atomic E-state index is 0.504. The van der Waals surface area contributed by atoms with Gasteiger partial charge in [0.25, 0.3) is 0 Å². The molecule has 1 unspecified atom stereocenters. The maximum atomic E-state index is 4.76. The quantitative estimate of drug-likeness (QED) is 0.697. The van der Waals surface area contributed by atoms with Crippen LogP contribution in [0, 0.1) is 0 Å². The van der Waals surface area contributed by atoms with Gasteiger partial charge in [0.1, 0.15) is 0 Å². The molecule has 2 heterocycles. The molecule has 0 bridgehead atoms. The van der Waals surface area contributed by atoms with Crippen LogP contribution in [0.5, 0.6) is 0 Å². The Bertz CT molecular complexity index is 706. The van der Waals surface area contributed by atoms with Gasteiger partial charge in [0.15, 0.2) is 0 Å². The van der Waals surface area contributed by atoms with Crippen molar-refractivity contribution in [3.05, 3.63) is 48.5 Å². The lowest BCUT2D eigenvalue weighted by molar-refractivity contribution is 0.795. The van der Waals surface area contributed by atoms with Crippen molar-refractivity contribution in [1.29, 1.82) is 0 Å². The van der Waals surface area contributed by atoms with E-state index in [1.54, 1.807) is 0 Å². The molecule has 100 valence electrons. The summed E-state index contributed by atoms with van der Waals surface area (Å²) in [5, 5.41) is 9.55. The minimum atomic E-state index is 0.504. The van der Waals surface area contributed by atoms with Gasteiger partial charge in [0.2, 0.25) is 0 Å². The summed E-state index contributed by atoms with van der Waals surface area (Å²) in [6.45, 7) is 2.13. The molecule has 0 saturated carbocycles. The molecule has 1 saturated heterocycles. The van der Waals surface area contributed by atoms with Crippen molar-refractivity contribution in [2.75, 3.05) is 18.4 Å². The summed E-state index contributed by atoms with van der Waals surface area (Å²) in [5.41, 5.74) is 3.33. The smallest absolute Gasteiger partial charge is 0.0730 e. The molecule has 2 N–H and O–H groups in total. The first-order valence-corrected chi connectivity index (χ1v) is 7.16. The van der Waals surface area contributed by atoms with E-state index < -0.39 is 0 Å². The number of rotatable bonds is 2. The van der Waals surface area contributed by atoms with Crippen LogP contribution in [0.25, 0.3) is 21.8 Å². The number of nitrogens with one attached hydrogen (secondary N) is 2. The Morgan fingerprint density at radius 2 is 1.60 bits per heavy atom. The van der Waals surface area contributed by atoms with Crippen molar-refractivity contribution < 1.29 is 0 Å². The van der Waals surface area contributed by atoms with E-state index >= 15 is 0 Å². The Kier molecular flexibility index (Phi) is 2.78. The molecule has 3 aromatic rings. The van der Waals surface area contributed by atoms with Crippen molar-refractivity contribution in [3.63, 3.8) is 0 Å². The summed E-state index contributed by atoms with van der Waals surface area (Å²) < 4.78 is 0. The zero-order valence-electron chi connectivity index (χ0n) is 11.3. The molecule has 3 nitrogen and oxygen atoms in total. The second-order valence-electron chi connectivity index (χ2n) is 5.36. The Balaban J connectivity index is 1.96. The average Bonchev–Trinajstić information content (AvgIpc) is 3.00. The molecule has 1 aliphatic rings. The lowest BCUT2D eigenvalue weighted by atomic mass is 10.1. The van der Waals surface area contributed by atoms with Gasteiger partial charge in [0, 0.05) is 23.4 Å². The summed E-state index contributed by atoms with van der Waals surface area (Å²) in [7, 11) is 0. The van der Waals surface area contributed by atoms with E-state index in [-0.39, 0.29) is 0 Å². The molecule has 0 amide bonds. The molecule has 1 atom stereocenters. The first-order valence-electron chi connectivity index (χ1n) is 7.16. The highest BCUT2D eigenvalue weighted by atomic mass is 15.0. The number of para-hydroxylation sites is 2. The number of benzene rings is 2. The summed E-state index contributed by atoms with van der Waals surface area (Å²) >= 11 is 0.